The number of likely N-dealkylation sites (tertiary alicyclic amines) is 1. The van der Waals surface area contributed by atoms with E-state index in [-0.39, 0.29) is 24.2 Å². The third-order valence-electron chi connectivity index (χ3n) is 5.60. The van der Waals surface area contributed by atoms with Crippen LogP contribution in [0.4, 0.5) is 10.3 Å². The van der Waals surface area contributed by atoms with E-state index in [1.807, 2.05) is 30.0 Å². The van der Waals surface area contributed by atoms with Gasteiger partial charge in [0.15, 0.2) is 5.82 Å². The van der Waals surface area contributed by atoms with Crippen LogP contribution in [0.15, 0.2) is 35.0 Å². The molecule has 3 heterocycles. The molecule has 0 aliphatic carbocycles. The minimum Gasteiger partial charge on any atom is -0.347 e. The largest absolute Gasteiger partial charge is 0.347 e. The smallest absolute Gasteiger partial charge is 0.227 e. The number of carbonyl (C=O) groups excluding carboxylic acids is 1. The average Bonchev–Trinajstić information content (AvgIpc) is 3.22. The maximum absolute atomic E-state index is 14.0. The summed E-state index contributed by atoms with van der Waals surface area (Å²) >= 11 is 0. The minimum absolute atomic E-state index is 0.0146. The predicted molar refractivity (Wildman–Crippen MR) is 117 cm³/mol. The topological polar surface area (TPSA) is 88.3 Å². The van der Waals surface area contributed by atoms with E-state index < -0.39 is 0 Å². The first-order chi connectivity index (χ1) is 15.4. The molecule has 1 saturated heterocycles. The molecule has 1 unspecified atom stereocenters. The molecule has 1 atom stereocenters. The molecule has 0 saturated carbocycles. The van der Waals surface area contributed by atoms with E-state index in [4.69, 9.17) is 9.51 Å². The monoisotopic (exact) mass is 438 g/mol. The first-order valence-electron chi connectivity index (χ1n) is 10.8. The van der Waals surface area contributed by atoms with Gasteiger partial charge in [0.1, 0.15) is 5.82 Å². The summed E-state index contributed by atoms with van der Waals surface area (Å²) < 4.78 is 19.1. The molecule has 4 rings (SSSR count). The van der Waals surface area contributed by atoms with Crippen molar-refractivity contribution in [3.8, 4) is 11.1 Å². The lowest BCUT2D eigenvalue weighted by molar-refractivity contribution is -0.135. The number of benzene rings is 1. The molecule has 0 bridgehead atoms. The third-order valence-corrected chi connectivity index (χ3v) is 5.60. The van der Waals surface area contributed by atoms with Gasteiger partial charge in [0.2, 0.25) is 17.7 Å². The van der Waals surface area contributed by atoms with Gasteiger partial charge in [-0.05, 0) is 43.9 Å². The lowest BCUT2D eigenvalue weighted by Gasteiger charge is -2.36. The quantitative estimate of drug-likeness (QED) is 0.579. The van der Waals surface area contributed by atoms with Crippen molar-refractivity contribution in [3.63, 3.8) is 0 Å². The zero-order chi connectivity index (χ0) is 22.7. The number of aryl methyl sites for hydroxylation is 2. The second-order valence-electron chi connectivity index (χ2n) is 8.21. The minimum atomic E-state index is -0.323. The maximum atomic E-state index is 14.0. The highest BCUT2D eigenvalue weighted by molar-refractivity contribution is 5.77. The Bertz CT molecular complexity index is 1100. The molecular weight excluding hydrogens is 411 g/mol. The van der Waals surface area contributed by atoms with E-state index >= 15 is 0 Å². The molecule has 32 heavy (non-hydrogen) atoms. The van der Waals surface area contributed by atoms with Gasteiger partial charge in [0, 0.05) is 45.2 Å². The molecule has 0 spiro atoms. The normalized spacial score (nSPS) is 16.2. The zero-order valence-corrected chi connectivity index (χ0v) is 18.6. The second-order valence-corrected chi connectivity index (χ2v) is 8.21. The fraction of sp³-hybridized carbons (Fsp3) is 0.435. The summed E-state index contributed by atoms with van der Waals surface area (Å²) in [5.74, 6) is 1.26. The molecule has 9 heteroatoms. The number of halogens is 1. The number of carbonyl (C=O) groups is 1. The standard InChI is InChI=1S/C23H27FN6O2/c1-15-26-20(32-28-15)10-11-21(31)30-12-5-4-9-19(30)22-18(14-25-23(27-22)29(2)3)16-7-6-8-17(24)13-16/h6-8,13-14,19H,4-5,9-12H2,1-3H3. The van der Waals surface area contributed by atoms with Gasteiger partial charge in [-0.1, -0.05) is 17.3 Å². The average molecular weight is 439 g/mol. The van der Waals surface area contributed by atoms with E-state index in [2.05, 4.69) is 15.1 Å². The van der Waals surface area contributed by atoms with E-state index in [1.54, 1.807) is 19.2 Å². The molecule has 168 valence electrons. The predicted octanol–water partition coefficient (Wildman–Crippen LogP) is 3.73. The van der Waals surface area contributed by atoms with E-state index in [1.165, 1.54) is 12.1 Å². The number of piperidine rings is 1. The highest BCUT2D eigenvalue weighted by Gasteiger charge is 2.31. The van der Waals surface area contributed by atoms with Crippen LogP contribution < -0.4 is 4.90 Å². The van der Waals surface area contributed by atoms with Crippen LogP contribution in [-0.2, 0) is 11.2 Å². The van der Waals surface area contributed by atoms with Crippen LogP contribution in [0, 0.1) is 12.7 Å². The Hall–Kier alpha value is -3.36. The fourth-order valence-electron chi connectivity index (χ4n) is 4.05. The van der Waals surface area contributed by atoms with E-state index in [0.717, 1.165) is 30.5 Å². The van der Waals surface area contributed by atoms with Crippen LogP contribution in [-0.4, -0.2) is 51.6 Å². The first-order valence-corrected chi connectivity index (χ1v) is 10.8. The molecule has 1 aliphatic rings. The number of nitrogens with zero attached hydrogens (tertiary/aromatic N) is 6. The van der Waals surface area contributed by atoms with Crippen LogP contribution in [0.5, 0.6) is 0 Å². The number of anilines is 1. The highest BCUT2D eigenvalue weighted by Crippen LogP contribution is 2.37. The Labute approximate surface area is 186 Å². The molecular formula is C23H27FN6O2. The van der Waals surface area contributed by atoms with Crippen molar-refractivity contribution in [1.82, 2.24) is 25.0 Å². The molecule has 1 fully saturated rings. The Morgan fingerprint density at radius 1 is 1.28 bits per heavy atom. The van der Waals surface area contributed by atoms with Crippen molar-refractivity contribution in [2.75, 3.05) is 25.5 Å². The van der Waals surface area contributed by atoms with Crippen LogP contribution in [0.1, 0.15) is 49.1 Å². The molecule has 3 aromatic rings. The van der Waals surface area contributed by atoms with Gasteiger partial charge < -0.3 is 14.3 Å². The van der Waals surface area contributed by atoms with Crippen molar-refractivity contribution in [2.24, 2.45) is 0 Å². The molecule has 1 aliphatic heterocycles. The Morgan fingerprint density at radius 2 is 2.12 bits per heavy atom. The number of rotatable bonds is 6. The van der Waals surface area contributed by atoms with Gasteiger partial charge in [-0.15, -0.1) is 0 Å². The third kappa shape index (κ3) is 4.76. The summed E-state index contributed by atoms with van der Waals surface area (Å²) in [4.78, 5) is 30.4. The van der Waals surface area contributed by atoms with E-state index in [0.29, 0.717) is 36.2 Å². The highest BCUT2D eigenvalue weighted by atomic mass is 19.1. The number of aromatic nitrogens is 4. The van der Waals surface area contributed by atoms with Crippen molar-refractivity contribution < 1.29 is 13.7 Å². The Balaban J connectivity index is 1.66. The zero-order valence-electron chi connectivity index (χ0n) is 18.6. The lowest BCUT2D eigenvalue weighted by atomic mass is 9.93. The molecule has 0 radical (unpaired) electrons. The van der Waals surface area contributed by atoms with Crippen LogP contribution >= 0.6 is 0 Å². The van der Waals surface area contributed by atoms with Crippen molar-refractivity contribution in [3.05, 3.63) is 53.7 Å². The fourth-order valence-corrected chi connectivity index (χ4v) is 4.05. The van der Waals surface area contributed by atoms with E-state index in [9.17, 15) is 9.18 Å². The Morgan fingerprint density at radius 3 is 2.84 bits per heavy atom. The van der Waals surface area contributed by atoms with Crippen LogP contribution in [0.2, 0.25) is 0 Å². The second kappa shape index (κ2) is 9.42. The number of hydrogen-bond donors (Lipinski definition) is 0. The van der Waals surface area contributed by atoms with Gasteiger partial charge in [0.25, 0.3) is 0 Å². The number of hydrogen-bond acceptors (Lipinski definition) is 7. The van der Waals surface area contributed by atoms with Gasteiger partial charge in [-0.25, -0.2) is 14.4 Å². The van der Waals surface area contributed by atoms with Gasteiger partial charge >= 0.3 is 0 Å². The van der Waals surface area contributed by atoms with Crippen molar-refractivity contribution in [2.45, 2.75) is 45.1 Å². The summed E-state index contributed by atoms with van der Waals surface area (Å²) in [6, 6.07) is 6.19. The molecule has 1 amide bonds. The molecule has 2 aromatic heterocycles. The lowest BCUT2D eigenvalue weighted by Crippen LogP contribution is -2.39. The first kappa shape index (κ1) is 21.9. The van der Waals surface area contributed by atoms with Gasteiger partial charge in [-0.3, -0.25) is 4.79 Å². The van der Waals surface area contributed by atoms with Crippen molar-refractivity contribution >= 4 is 11.9 Å². The summed E-state index contributed by atoms with van der Waals surface area (Å²) in [6.45, 7) is 2.40. The summed E-state index contributed by atoms with van der Waals surface area (Å²) in [6.07, 6.45) is 5.11. The Kier molecular flexibility index (Phi) is 6.43. The number of amides is 1. The summed E-state index contributed by atoms with van der Waals surface area (Å²) in [7, 11) is 3.74. The summed E-state index contributed by atoms with van der Waals surface area (Å²) in [5, 5.41) is 3.78. The summed E-state index contributed by atoms with van der Waals surface area (Å²) in [5.41, 5.74) is 2.19. The van der Waals surface area contributed by atoms with Gasteiger partial charge in [0.05, 0.1) is 11.7 Å². The van der Waals surface area contributed by atoms with Crippen LogP contribution in [0.3, 0.4) is 0 Å². The van der Waals surface area contributed by atoms with Gasteiger partial charge in [-0.2, -0.15) is 4.98 Å². The van der Waals surface area contributed by atoms with Crippen molar-refractivity contribution in [1.29, 1.82) is 0 Å². The SMILES string of the molecule is Cc1noc(CCC(=O)N2CCCCC2c2nc(N(C)C)ncc2-c2cccc(F)c2)n1. The van der Waals surface area contributed by atoms with Crippen LogP contribution in [0.25, 0.3) is 11.1 Å². The molecule has 1 aromatic carbocycles. The molecule has 0 N–H and O–H groups in total. The molecule has 8 nitrogen and oxygen atoms in total. The maximum Gasteiger partial charge on any atom is 0.227 e.